The Morgan fingerprint density at radius 3 is 2.68 bits per heavy atom. The lowest BCUT2D eigenvalue weighted by atomic mass is 10.2. The largest absolute Gasteiger partial charge is 0.494 e. The summed E-state index contributed by atoms with van der Waals surface area (Å²) in [6.07, 6.45) is -3.80. The second-order valence-electron chi connectivity index (χ2n) is 3.78. The number of rotatable bonds is 6. The molecule has 0 spiro atoms. The maximum Gasteiger partial charge on any atom is 0.416 e. The summed E-state index contributed by atoms with van der Waals surface area (Å²) in [5, 5.41) is 0. The summed E-state index contributed by atoms with van der Waals surface area (Å²) in [4.78, 5) is 11.0. The van der Waals surface area contributed by atoms with Gasteiger partial charge in [0, 0.05) is 6.42 Å². The van der Waals surface area contributed by atoms with Crippen LogP contribution in [0, 0.1) is 0 Å². The van der Waals surface area contributed by atoms with Gasteiger partial charge in [-0.25, -0.2) is 0 Å². The summed E-state index contributed by atoms with van der Waals surface area (Å²) in [6.45, 7) is 2.18. The van der Waals surface area contributed by atoms with Gasteiger partial charge in [-0.1, -0.05) is 6.07 Å². The van der Waals surface area contributed by atoms with Gasteiger partial charge in [0.05, 0.1) is 18.8 Å². The van der Waals surface area contributed by atoms with Crippen LogP contribution >= 0.6 is 0 Å². The van der Waals surface area contributed by atoms with Crippen molar-refractivity contribution in [1.29, 1.82) is 0 Å². The highest BCUT2D eigenvalue weighted by atomic mass is 19.4. The maximum atomic E-state index is 12.4. The predicted molar refractivity (Wildman–Crippen MR) is 62.8 cm³/mol. The molecule has 0 aliphatic carbocycles. The molecular weight excluding hydrogens is 261 g/mol. The zero-order valence-electron chi connectivity index (χ0n) is 10.5. The summed E-state index contributed by atoms with van der Waals surface area (Å²) in [5.41, 5.74) is -0.754. The first-order valence-corrected chi connectivity index (χ1v) is 5.89. The molecule has 1 aromatic carbocycles. The molecule has 1 rings (SSSR count). The van der Waals surface area contributed by atoms with E-state index < -0.39 is 11.7 Å². The van der Waals surface area contributed by atoms with E-state index in [9.17, 15) is 18.0 Å². The summed E-state index contributed by atoms with van der Waals surface area (Å²) < 4.78 is 47.2. The highest BCUT2D eigenvalue weighted by molar-refractivity contribution is 5.69. The summed E-state index contributed by atoms with van der Waals surface area (Å²) >= 11 is 0. The SMILES string of the molecule is CCOC(=O)CCCOc1cccc(C(F)(F)F)c1. The van der Waals surface area contributed by atoms with Crippen molar-refractivity contribution < 1.29 is 27.4 Å². The Bertz CT molecular complexity index is 416. The monoisotopic (exact) mass is 276 g/mol. The van der Waals surface area contributed by atoms with Crippen molar-refractivity contribution in [3.63, 3.8) is 0 Å². The van der Waals surface area contributed by atoms with Crippen molar-refractivity contribution in [1.82, 2.24) is 0 Å². The van der Waals surface area contributed by atoms with Crippen molar-refractivity contribution in [3.8, 4) is 5.75 Å². The van der Waals surface area contributed by atoms with Gasteiger partial charge in [0.15, 0.2) is 0 Å². The molecule has 0 heterocycles. The minimum Gasteiger partial charge on any atom is -0.494 e. The molecule has 0 aliphatic heterocycles. The molecule has 1 aromatic rings. The number of hydrogen-bond donors (Lipinski definition) is 0. The van der Waals surface area contributed by atoms with Crippen LogP contribution in [0.1, 0.15) is 25.3 Å². The Labute approximate surface area is 109 Å². The van der Waals surface area contributed by atoms with Gasteiger partial charge in [-0.15, -0.1) is 0 Å². The number of carbonyl (C=O) groups is 1. The van der Waals surface area contributed by atoms with E-state index in [0.29, 0.717) is 13.0 Å². The van der Waals surface area contributed by atoms with Crippen molar-refractivity contribution in [3.05, 3.63) is 29.8 Å². The van der Waals surface area contributed by atoms with Crippen LogP contribution in [0.3, 0.4) is 0 Å². The van der Waals surface area contributed by atoms with E-state index >= 15 is 0 Å². The highest BCUT2D eigenvalue weighted by Gasteiger charge is 2.30. The molecular formula is C13H15F3O3. The number of hydrogen-bond acceptors (Lipinski definition) is 3. The zero-order valence-corrected chi connectivity index (χ0v) is 10.5. The highest BCUT2D eigenvalue weighted by Crippen LogP contribution is 2.31. The molecule has 0 saturated heterocycles. The minimum absolute atomic E-state index is 0.138. The van der Waals surface area contributed by atoms with Gasteiger partial charge in [0.1, 0.15) is 5.75 Å². The molecule has 0 unspecified atom stereocenters. The van der Waals surface area contributed by atoms with Crippen molar-refractivity contribution in [2.75, 3.05) is 13.2 Å². The van der Waals surface area contributed by atoms with E-state index in [4.69, 9.17) is 9.47 Å². The maximum absolute atomic E-state index is 12.4. The van der Waals surface area contributed by atoms with E-state index in [1.54, 1.807) is 6.92 Å². The van der Waals surface area contributed by atoms with Crippen LogP contribution in [0.2, 0.25) is 0 Å². The van der Waals surface area contributed by atoms with Crippen LogP contribution in [0.25, 0.3) is 0 Å². The number of alkyl halides is 3. The molecule has 0 radical (unpaired) electrons. The fourth-order valence-corrected chi connectivity index (χ4v) is 1.40. The van der Waals surface area contributed by atoms with Crippen LogP contribution in [0.15, 0.2) is 24.3 Å². The van der Waals surface area contributed by atoms with Crippen molar-refractivity contribution >= 4 is 5.97 Å². The van der Waals surface area contributed by atoms with Crippen LogP contribution in [-0.4, -0.2) is 19.2 Å². The first kappa shape index (κ1) is 15.3. The fourth-order valence-electron chi connectivity index (χ4n) is 1.40. The lowest BCUT2D eigenvalue weighted by Gasteiger charge is -2.10. The Hall–Kier alpha value is -1.72. The normalized spacial score (nSPS) is 11.2. The first-order chi connectivity index (χ1) is 8.93. The minimum atomic E-state index is -4.38. The second kappa shape index (κ2) is 7.01. The molecule has 0 aliphatic rings. The third kappa shape index (κ3) is 5.63. The van der Waals surface area contributed by atoms with Crippen LogP contribution in [0.5, 0.6) is 5.75 Å². The van der Waals surface area contributed by atoms with E-state index in [1.807, 2.05) is 0 Å². The van der Waals surface area contributed by atoms with E-state index in [0.717, 1.165) is 12.1 Å². The van der Waals surface area contributed by atoms with E-state index in [-0.39, 0.29) is 24.7 Å². The van der Waals surface area contributed by atoms with Gasteiger partial charge in [-0.2, -0.15) is 13.2 Å². The lowest BCUT2D eigenvalue weighted by molar-refractivity contribution is -0.143. The van der Waals surface area contributed by atoms with Gasteiger partial charge in [-0.05, 0) is 31.5 Å². The smallest absolute Gasteiger partial charge is 0.416 e. The summed E-state index contributed by atoms with van der Waals surface area (Å²) in [6, 6.07) is 4.64. The first-order valence-electron chi connectivity index (χ1n) is 5.89. The van der Waals surface area contributed by atoms with Crippen LogP contribution in [0.4, 0.5) is 13.2 Å². The van der Waals surface area contributed by atoms with Gasteiger partial charge in [-0.3, -0.25) is 4.79 Å². The van der Waals surface area contributed by atoms with Gasteiger partial charge < -0.3 is 9.47 Å². The zero-order chi connectivity index (χ0) is 14.3. The molecule has 0 atom stereocenters. The second-order valence-corrected chi connectivity index (χ2v) is 3.78. The van der Waals surface area contributed by atoms with Gasteiger partial charge >= 0.3 is 12.1 Å². The number of ether oxygens (including phenoxy) is 2. The predicted octanol–water partition coefficient (Wildman–Crippen LogP) is 3.43. The summed E-state index contributed by atoms with van der Waals surface area (Å²) in [5.74, 6) is -0.200. The third-order valence-corrected chi connectivity index (χ3v) is 2.26. The quantitative estimate of drug-likeness (QED) is 0.590. The number of carbonyl (C=O) groups excluding carboxylic acids is 1. The molecule has 0 amide bonds. The Balaban J connectivity index is 2.40. The third-order valence-electron chi connectivity index (χ3n) is 2.26. The average molecular weight is 276 g/mol. The fraction of sp³-hybridized carbons (Fsp3) is 0.462. The molecule has 0 bridgehead atoms. The van der Waals surface area contributed by atoms with Crippen LogP contribution < -0.4 is 4.74 Å². The molecule has 0 fully saturated rings. The van der Waals surface area contributed by atoms with Crippen molar-refractivity contribution in [2.24, 2.45) is 0 Å². The van der Waals surface area contributed by atoms with E-state index in [1.165, 1.54) is 12.1 Å². The molecule has 0 saturated carbocycles. The van der Waals surface area contributed by atoms with E-state index in [2.05, 4.69) is 0 Å². The standard InChI is InChI=1S/C13H15F3O3/c1-2-18-12(17)7-4-8-19-11-6-3-5-10(9-11)13(14,15)16/h3,5-6,9H,2,4,7-8H2,1H3. The van der Waals surface area contributed by atoms with Crippen LogP contribution in [-0.2, 0) is 15.7 Å². The number of halogens is 3. The Morgan fingerprint density at radius 2 is 2.05 bits per heavy atom. The molecule has 0 aromatic heterocycles. The Kier molecular flexibility index (Phi) is 5.66. The summed E-state index contributed by atoms with van der Waals surface area (Å²) in [7, 11) is 0. The molecule has 19 heavy (non-hydrogen) atoms. The van der Waals surface area contributed by atoms with Gasteiger partial charge in [0.25, 0.3) is 0 Å². The molecule has 3 nitrogen and oxygen atoms in total. The molecule has 0 N–H and O–H groups in total. The molecule has 6 heteroatoms. The van der Waals surface area contributed by atoms with Gasteiger partial charge in [0.2, 0.25) is 0 Å². The number of benzene rings is 1. The van der Waals surface area contributed by atoms with Crippen molar-refractivity contribution in [2.45, 2.75) is 25.9 Å². The molecule has 106 valence electrons. The topological polar surface area (TPSA) is 35.5 Å². The number of esters is 1. The Morgan fingerprint density at radius 1 is 1.32 bits per heavy atom. The lowest BCUT2D eigenvalue weighted by Crippen LogP contribution is -2.08. The average Bonchev–Trinajstić information content (AvgIpc) is 2.34.